The van der Waals surface area contributed by atoms with Crippen LogP contribution in [0, 0.1) is 0 Å². The van der Waals surface area contributed by atoms with E-state index in [1.54, 1.807) is 44.2 Å². The summed E-state index contributed by atoms with van der Waals surface area (Å²) in [6.07, 6.45) is 2.70. The fourth-order valence-corrected chi connectivity index (χ4v) is 7.08. The van der Waals surface area contributed by atoms with Crippen LogP contribution in [0.3, 0.4) is 0 Å². The van der Waals surface area contributed by atoms with E-state index in [0.717, 1.165) is 18.4 Å². The molecule has 2 aliphatic heterocycles. The van der Waals surface area contributed by atoms with Crippen molar-refractivity contribution in [3.05, 3.63) is 58.7 Å². The monoisotopic (exact) mass is 683 g/mol. The average Bonchev–Trinajstić information content (AvgIpc) is 3.33. The van der Waals surface area contributed by atoms with Gasteiger partial charge in [0.2, 0.25) is 11.9 Å². The van der Waals surface area contributed by atoms with Gasteiger partial charge in [0.15, 0.2) is 15.7 Å². The molecule has 2 aliphatic rings. The Morgan fingerprint density at radius 3 is 2.45 bits per heavy atom. The second kappa shape index (κ2) is 14.0. The van der Waals surface area contributed by atoms with Gasteiger partial charge >= 0.3 is 0 Å². The number of aromatic nitrogens is 2. The van der Waals surface area contributed by atoms with E-state index in [1.807, 2.05) is 48.7 Å². The van der Waals surface area contributed by atoms with Crippen LogP contribution in [0.5, 0.6) is 5.75 Å². The van der Waals surface area contributed by atoms with Crippen molar-refractivity contribution in [3.63, 3.8) is 0 Å². The molecule has 47 heavy (non-hydrogen) atoms. The number of hydrogen-bond acceptors (Lipinski definition) is 10. The molecule has 0 spiro atoms. The number of likely N-dealkylation sites (N-methyl/N-ethyl adjacent to an activating group) is 1. The largest absolute Gasteiger partial charge is 0.489 e. The predicted molar refractivity (Wildman–Crippen MR) is 183 cm³/mol. The van der Waals surface area contributed by atoms with E-state index < -0.39 is 15.1 Å². The third-order valence-corrected chi connectivity index (χ3v) is 10.7. The van der Waals surface area contributed by atoms with Gasteiger partial charge in [0, 0.05) is 31.2 Å². The smallest absolute Gasteiger partial charge is 0.254 e. The quantitative estimate of drug-likeness (QED) is 0.281. The topological polar surface area (TPSA) is 137 Å². The predicted octanol–water partition coefficient (Wildman–Crippen LogP) is 5.09. The first-order chi connectivity index (χ1) is 22.2. The summed E-state index contributed by atoms with van der Waals surface area (Å²) in [6.45, 7) is 9.16. The normalized spacial score (nSPS) is 15.5. The molecule has 0 unspecified atom stereocenters. The Bertz CT molecular complexity index is 1760. The highest BCUT2D eigenvalue weighted by atomic mass is 35.5. The highest BCUT2D eigenvalue weighted by molar-refractivity contribution is 7.92. The van der Waals surface area contributed by atoms with E-state index in [2.05, 4.69) is 20.6 Å². The number of sulfone groups is 1. The van der Waals surface area contributed by atoms with E-state index in [-0.39, 0.29) is 45.6 Å². The molecule has 5 rings (SSSR count). The van der Waals surface area contributed by atoms with Crippen LogP contribution in [0.2, 0.25) is 5.02 Å². The second-order valence-electron chi connectivity index (χ2n) is 12.7. The fraction of sp³-hybridized carbons (Fsp3) is 0.455. The van der Waals surface area contributed by atoms with Gasteiger partial charge in [-0.25, -0.2) is 13.4 Å². The van der Waals surface area contributed by atoms with Crippen molar-refractivity contribution in [1.82, 2.24) is 24.7 Å². The van der Waals surface area contributed by atoms with Crippen molar-refractivity contribution in [2.75, 3.05) is 44.4 Å². The molecule has 1 aromatic heterocycles. The number of halogens is 1. The van der Waals surface area contributed by atoms with Crippen LogP contribution in [-0.4, -0.2) is 96.0 Å². The van der Waals surface area contributed by atoms with Crippen molar-refractivity contribution >= 4 is 56.4 Å². The lowest BCUT2D eigenvalue weighted by atomic mass is 10.0. The van der Waals surface area contributed by atoms with Crippen LogP contribution < -0.4 is 15.4 Å². The number of anilines is 4. The number of nitrogens with zero attached hydrogens (tertiary/aromatic N) is 5. The van der Waals surface area contributed by atoms with Gasteiger partial charge in [-0.1, -0.05) is 23.7 Å². The standard InChI is InChI=1S/C33H42ClN7O5S/c1-20(2)46-28-15-22-18-41(23-11-13-40(14-12-23)30(42)19-39(5)6)32(43)24(22)16-27(28)37-33-35-17-25(34)31(38-33)36-26-9-7-8-10-29(26)47(44,45)21(3)4/h7-10,15-17,20-21,23H,11-14,18-19H2,1-6H3,(H2,35,36,37,38). The summed E-state index contributed by atoms with van der Waals surface area (Å²) in [4.78, 5) is 40.9. The maximum absolute atomic E-state index is 13.7. The number of amides is 2. The number of fused-ring (bicyclic) bond motifs is 1. The van der Waals surface area contributed by atoms with Crippen molar-refractivity contribution in [2.45, 2.75) is 69.4 Å². The van der Waals surface area contributed by atoms with Gasteiger partial charge in [-0.05, 0) is 84.5 Å². The van der Waals surface area contributed by atoms with Gasteiger partial charge < -0.3 is 30.1 Å². The molecule has 3 heterocycles. The number of carbonyl (C=O) groups is 2. The molecule has 2 amide bonds. The van der Waals surface area contributed by atoms with E-state index in [1.165, 1.54) is 6.20 Å². The van der Waals surface area contributed by atoms with E-state index >= 15 is 0 Å². The molecular formula is C33H42ClN7O5S. The van der Waals surface area contributed by atoms with Crippen LogP contribution in [0.4, 0.5) is 23.1 Å². The Balaban J connectivity index is 1.38. The van der Waals surface area contributed by atoms with Crippen LogP contribution in [0.15, 0.2) is 47.5 Å². The molecule has 252 valence electrons. The van der Waals surface area contributed by atoms with Gasteiger partial charge in [-0.3, -0.25) is 9.59 Å². The number of hydrogen-bond donors (Lipinski definition) is 2. The first-order valence-corrected chi connectivity index (χ1v) is 17.6. The molecule has 12 nitrogen and oxygen atoms in total. The van der Waals surface area contributed by atoms with Crippen molar-refractivity contribution in [3.8, 4) is 5.75 Å². The Morgan fingerprint density at radius 2 is 1.79 bits per heavy atom. The van der Waals surface area contributed by atoms with Gasteiger partial charge in [0.25, 0.3) is 5.91 Å². The van der Waals surface area contributed by atoms with Gasteiger partial charge in [0.05, 0.1) is 40.4 Å². The highest BCUT2D eigenvalue weighted by Gasteiger charge is 2.36. The molecule has 0 bridgehead atoms. The number of piperidine rings is 1. The zero-order valence-electron chi connectivity index (χ0n) is 27.6. The number of carbonyl (C=O) groups excluding carboxylic acids is 2. The van der Waals surface area contributed by atoms with Crippen molar-refractivity contribution < 1.29 is 22.7 Å². The van der Waals surface area contributed by atoms with Gasteiger partial charge in [-0.2, -0.15) is 4.98 Å². The van der Waals surface area contributed by atoms with E-state index in [9.17, 15) is 18.0 Å². The molecule has 0 aliphatic carbocycles. The summed E-state index contributed by atoms with van der Waals surface area (Å²) >= 11 is 6.45. The summed E-state index contributed by atoms with van der Waals surface area (Å²) in [5.41, 5.74) is 2.28. The molecule has 0 saturated carbocycles. The molecule has 2 aromatic carbocycles. The molecule has 3 aromatic rings. The second-order valence-corrected chi connectivity index (χ2v) is 15.6. The molecular weight excluding hydrogens is 642 g/mol. The van der Waals surface area contributed by atoms with Crippen LogP contribution in [0.1, 0.15) is 56.5 Å². The number of nitrogens with one attached hydrogen (secondary N) is 2. The molecule has 1 saturated heterocycles. The molecule has 2 N–H and O–H groups in total. The third-order valence-electron chi connectivity index (χ3n) is 8.17. The first-order valence-electron chi connectivity index (χ1n) is 15.7. The number of rotatable bonds is 11. The minimum atomic E-state index is -3.59. The Morgan fingerprint density at radius 1 is 1.09 bits per heavy atom. The van der Waals surface area contributed by atoms with Crippen LogP contribution in [-0.2, 0) is 21.2 Å². The Hall–Kier alpha value is -3.94. The zero-order valence-corrected chi connectivity index (χ0v) is 29.2. The van der Waals surface area contributed by atoms with E-state index in [4.69, 9.17) is 16.3 Å². The molecule has 14 heteroatoms. The summed E-state index contributed by atoms with van der Waals surface area (Å²) < 4.78 is 32.2. The SMILES string of the molecule is CC(C)Oc1cc2c(cc1Nc1ncc(Cl)c(Nc3ccccc3S(=O)(=O)C(C)C)n1)C(=O)N(C1CCN(C(=O)CN(C)C)CC1)C2. The summed E-state index contributed by atoms with van der Waals surface area (Å²) in [7, 11) is 0.168. The van der Waals surface area contributed by atoms with Crippen molar-refractivity contribution in [2.24, 2.45) is 0 Å². The fourth-order valence-electron chi connectivity index (χ4n) is 5.74. The third kappa shape index (κ3) is 7.63. The number of para-hydroxylation sites is 1. The van der Waals surface area contributed by atoms with Gasteiger partial charge in [-0.15, -0.1) is 0 Å². The average molecular weight is 684 g/mol. The van der Waals surface area contributed by atoms with Crippen LogP contribution in [0.25, 0.3) is 0 Å². The Kier molecular flexibility index (Phi) is 10.3. The lowest BCUT2D eigenvalue weighted by molar-refractivity contribution is -0.133. The Labute approximate surface area is 281 Å². The summed E-state index contributed by atoms with van der Waals surface area (Å²) in [6, 6.07) is 10.3. The lowest BCUT2D eigenvalue weighted by Gasteiger charge is -2.37. The number of benzene rings is 2. The zero-order chi connectivity index (χ0) is 34.0. The maximum Gasteiger partial charge on any atom is 0.254 e. The van der Waals surface area contributed by atoms with E-state index in [0.29, 0.717) is 48.9 Å². The number of ether oxygens (including phenoxy) is 1. The minimum Gasteiger partial charge on any atom is -0.489 e. The molecule has 1 fully saturated rings. The summed E-state index contributed by atoms with van der Waals surface area (Å²) in [5, 5.41) is 5.83. The van der Waals surface area contributed by atoms with Gasteiger partial charge in [0.1, 0.15) is 10.8 Å². The first kappa shape index (κ1) is 34.4. The molecule has 0 atom stereocenters. The van der Waals surface area contributed by atoms with Crippen molar-refractivity contribution in [1.29, 1.82) is 0 Å². The maximum atomic E-state index is 13.7. The minimum absolute atomic E-state index is 0.0276. The summed E-state index contributed by atoms with van der Waals surface area (Å²) in [5.74, 6) is 0.953. The van der Waals surface area contributed by atoms with Crippen LogP contribution >= 0.6 is 11.6 Å². The lowest BCUT2D eigenvalue weighted by Crippen LogP contribution is -2.48. The molecule has 0 radical (unpaired) electrons. The number of likely N-dealkylation sites (tertiary alicyclic amines) is 1. The highest BCUT2D eigenvalue weighted by Crippen LogP contribution is 2.38.